The average molecular weight is 416 g/mol. The molecule has 2 aromatic rings. The number of carbonyl (C=O) groups excluding carboxylic acids is 3. The standard InChI is InChI=1S/C20H18BrNO4/c1-13-4-2-3-5-17(13)22-11-15(10-19(22)24)20(25)26-12-18(23)14-6-8-16(21)9-7-14/h2-9,15H,10-12H2,1H3/t15-/m0/s1. The second-order valence-electron chi connectivity index (χ2n) is 6.23. The van der Waals surface area contributed by atoms with E-state index in [1.165, 1.54) is 0 Å². The molecule has 0 N–H and O–H groups in total. The number of amides is 1. The molecule has 2 aromatic carbocycles. The van der Waals surface area contributed by atoms with Crippen LogP contribution >= 0.6 is 15.9 Å². The van der Waals surface area contributed by atoms with E-state index >= 15 is 0 Å². The number of nitrogens with zero attached hydrogens (tertiary/aromatic N) is 1. The fourth-order valence-electron chi connectivity index (χ4n) is 2.94. The zero-order valence-corrected chi connectivity index (χ0v) is 15.9. The van der Waals surface area contributed by atoms with Crippen LogP contribution in [0.2, 0.25) is 0 Å². The van der Waals surface area contributed by atoms with E-state index in [0.29, 0.717) is 5.56 Å². The molecule has 3 rings (SSSR count). The second-order valence-corrected chi connectivity index (χ2v) is 7.15. The summed E-state index contributed by atoms with van der Waals surface area (Å²) < 4.78 is 6.02. The molecule has 0 spiro atoms. The van der Waals surface area contributed by atoms with Gasteiger partial charge in [-0.05, 0) is 30.7 Å². The SMILES string of the molecule is Cc1ccccc1N1C[C@@H](C(=O)OCC(=O)c2ccc(Br)cc2)CC1=O. The third-order valence-electron chi connectivity index (χ3n) is 4.38. The fraction of sp³-hybridized carbons (Fsp3) is 0.250. The molecule has 1 amide bonds. The Morgan fingerprint density at radius 2 is 1.85 bits per heavy atom. The van der Waals surface area contributed by atoms with Crippen molar-refractivity contribution in [3.63, 3.8) is 0 Å². The molecule has 1 fully saturated rings. The van der Waals surface area contributed by atoms with Gasteiger partial charge in [-0.2, -0.15) is 0 Å². The van der Waals surface area contributed by atoms with Crippen LogP contribution < -0.4 is 4.90 Å². The van der Waals surface area contributed by atoms with Gasteiger partial charge in [-0.3, -0.25) is 14.4 Å². The van der Waals surface area contributed by atoms with Gasteiger partial charge in [0, 0.05) is 28.7 Å². The fourth-order valence-corrected chi connectivity index (χ4v) is 3.20. The van der Waals surface area contributed by atoms with Crippen molar-refractivity contribution in [1.29, 1.82) is 0 Å². The van der Waals surface area contributed by atoms with Crippen molar-refractivity contribution in [2.45, 2.75) is 13.3 Å². The van der Waals surface area contributed by atoms with Crippen LogP contribution in [0.25, 0.3) is 0 Å². The maximum absolute atomic E-state index is 12.3. The number of ether oxygens (including phenoxy) is 1. The van der Waals surface area contributed by atoms with E-state index in [2.05, 4.69) is 15.9 Å². The molecule has 26 heavy (non-hydrogen) atoms. The normalized spacial score (nSPS) is 16.6. The van der Waals surface area contributed by atoms with Crippen LogP contribution in [-0.4, -0.2) is 30.8 Å². The summed E-state index contributed by atoms with van der Waals surface area (Å²) in [6.45, 7) is 1.87. The number of anilines is 1. The topological polar surface area (TPSA) is 63.7 Å². The molecule has 0 bridgehead atoms. The number of esters is 1. The number of carbonyl (C=O) groups is 3. The van der Waals surface area contributed by atoms with Gasteiger partial charge in [0.05, 0.1) is 5.92 Å². The van der Waals surface area contributed by atoms with Crippen molar-refractivity contribution in [3.8, 4) is 0 Å². The van der Waals surface area contributed by atoms with Crippen LogP contribution in [0.15, 0.2) is 53.0 Å². The zero-order valence-electron chi connectivity index (χ0n) is 14.3. The lowest BCUT2D eigenvalue weighted by atomic mass is 10.1. The summed E-state index contributed by atoms with van der Waals surface area (Å²) in [5.41, 5.74) is 2.25. The Hall–Kier alpha value is -2.47. The Morgan fingerprint density at radius 1 is 1.15 bits per heavy atom. The van der Waals surface area contributed by atoms with Gasteiger partial charge in [0.1, 0.15) is 0 Å². The van der Waals surface area contributed by atoms with Gasteiger partial charge >= 0.3 is 5.97 Å². The Bertz CT molecular complexity index is 847. The van der Waals surface area contributed by atoms with Gasteiger partial charge in [-0.25, -0.2) is 0 Å². The Balaban J connectivity index is 1.59. The third kappa shape index (κ3) is 4.02. The quantitative estimate of drug-likeness (QED) is 0.553. The Kier molecular flexibility index (Phi) is 5.52. The summed E-state index contributed by atoms with van der Waals surface area (Å²) in [6, 6.07) is 14.4. The second kappa shape index (κ2) is 7.83. The molecule has 1 atom stereocenters. The van der Waals surface area contributed by atoms with Crippen LogP contribution in [0.3, 0.4) is 0 Å². The van der Waals surface area contributed by atoms with Gasteiger partial charge in [-0.1, -0.05) is 46.3 Å². The van der Waals surface area contributed by atoms with Crippen molar-refractivity contribution in [2.24, 2.45) is 5.92 Å². The summed E-state index contributed by atoms with van der Waals surface area (Å²) >= 11 is 3.30. The maximum Gasteiger partial charge on any atom is 0.311 e. The van der Waals surface area contributed by atoms with Crippen LogP contribution in [0, 0.1) is 12.8 Å². The Labute approximate surface area is 160 Å². The van der Waals surface area contributed by atoms with E-state index in [1.807, 2.05) is 31.2 Å². The first kappa shape index (κ1) is 18.3. The lowest BCUT2D eigenvalue weighted by molar-refractivity contribution is -0.147. The van der Waals surface area contributed by atoms with Crippen molar-refractivity contribution in [1.82, 2.24) is 0 Å². The number of benzene rings is 2. The number of ketones is 1. The largest absolute Gasteiger partial charge is 0.457 e. The monoisotopic (exact) mass is 415 g/mol. The molecule has 5 nitrogen and oxygen atoms in total. The minimum absolute atomic E-state index is 0.0969. The highest BCUT2D eigenvalue weighted by Crippen LogP contribution is 2.28. The van der Waals surface area contributed by atoms with E-state index in [4.69, 9.17) is 4.74 Å². The van der Waals surface area contributed by atoms with E-state index in [0.717, 1.165) is 15.7 Å². The minimum Gasteiger partial charge on any atom is -0.457 e. The lowest BCUT2D eigenvalue weighted by Crippen LogP contribution is -2.27. The zero-order chi connectivity index (χ0) is 18.7. The molecule has 1 aliphatic rings. The van der Waals surface area contributed by atoms with Crippen molar-refractivity contribution in [2.75, 3.05) is 18.1 Å². The summed E-state index contributed by atoms with van der Waals surface area (Å²) in [6.07, 6.45) is 0.0969. The van der Waals surface area contributed by atoms with Crippen LogP contribution in [0.1, 0.15) is 22.3 Å². The first-order valence-corrected chi connectivity index (χ1v) is 9.06. The summed E-state index contributed by atoms with van der Waals surface area (Å²) in [5.74, 6) is -1.45. The molecule has 0 aliphatic carbocycles. The number of rotatable bonds is 5. The predicted molar refractivity (Wildman–Crippen MR) is 101 cm³/mol. The molecule has 1 heterocycles. The highest BCUT2D eigenvalue weighted by Gasteiger charge is 2.36. The van der Waals surface area contributed by atoms with Gasteiger partial charge in [0.25, 0.3) is 0 Å². The van der Waals surface area contributed by atoms with Crippen LogP contribution in [-0.2, 0) is 14.3 Å². The van der Waals surface area contributed by atoms with Crippen molar-refractivity contribution >= 4 is 39.3 Å². The summed E-state index contributed by atoms with van der Waals surface area (Å²) in [7, 11) is 0. The van der Waals surface area contributed by atoms with E-state index in [9.17, 15) is 14.4 Å². The molecular formula is C20H18BrNO4. The number of aryl methyl sites for hydroxylation is 1. The number of para-hydroxylation sites is 1. The molecule has 1 aliphatic heterocycles. The van der Waals surface area contributed by atoms with Gasteiger partial charge in [0.2, 0.25) is 5.91 Å². The van der Waals surface area contributed by atoms with E-state index in [1.54, 1.807) is 29.2 Å². The average Bonchev–Trinajstić information content (AvgIpc) is 3.02. The lowest BCUT2D eigenvalue weighted by Gasteiger charge is -2.18. The maximum atomic E-state index is 12.3. The van der Waals surface area contributed by atoms with Crippen LogP contribution in [0.5, 0.6) is 0 Å². The van der Waals surface area contributed by atoms with Crippen molar-refractivity contribution < 1.29 is 19.1 Å². The van der Waals surface area contributed by atoms with Gasteiger partial charge in [0.15, 0.2) is 12.4 Å². The van der Waals surface area contributed by atoms with E-state index in [-0.39, 0.29) is 31.3 Å². The highest BCUT2D eigenvalue weighted by molar-refractivity contribution is 9.10. The molecular weight excluding hydrogens is 398 g/mol. The first-order chi connectivity index (χ1) is 12.5. The molecule has 0 unspecified atom stereocenters. The molecule has 0 radical (unpaired) electrons. The molecule has 0 saturated carbocycles. The Morgan fingerprint density at radius 3 is 2.54 bits per heavy atom. The first-order valence-electron chi connectivity index (χ1n) is 8.27. The van der Waals surface area contributed by atoms with Crippen LogP contribution in [0.4, 0.5) is 5.69 Å². The molecule has 0 aromatic heterocycles. The van der Waals surface area contributed by atoms with Gasteiger partial charge < -0.3 is 9.64 Å². The number of halogens is 1. The summed E-state index contributed by atoms with van der Waals surface area (Å²) in [4.78, 5) is 38.3. The van der Waals surface area contributed by atoms with E-state index < -0.39 is 11.9 Å². The number of hydrogen-bond donors (Lipinski definition) is 0. The van der Waals surface area contributed by atoms with Crippen molar-refractivity contribution in [3.05, 3.63) is 64.1 Å². The predicted octanol–water partition coefficient (Wildman–Crippen LogP) is 3.54. The molecule has 6 heteroatoms. The molecule has 134 valence electrons. The summed E-state index contributed by atoms with van der Waals surface area (Å²) in [5, 5.41) is 0. The smallest absolute Gasteiger partial charge is 0.311 e. The highest BCUT2D eigenvalue weighted by atomic mass is 79.9. The number of hydrogen-bond acceptors (Lipinski definition) is 4. The third-order valence-corrected chi connectivity index (χ3v) is 4.91. The minimum atomic E-state index is -0.556. The molecule has 1 saturated heterocycles. The number of Topliss-reactive ketones (excluding diaryl/α,β-unsaturated/α-hetero) is 1. The van der Waals surface area contributed by atoms with Gasteiger partial charge in [-0.15, -0.1) is 0 Å².